The number of nitriles is 2. The number of hydrogen-bond donors (Lipinski definition) is 5. The van der Waals surface area contributed by atoms with Crippen LogP contribution in [0.25, 0.3) is 10.9 Å². The third-order valence-corrected chi connectivity index (χ3v) is 7.73. The number of hydrazine groups is 2. The number of carbonyl (C=O) groups excluding carboxylic acids is 1. The molecule has 2 aliphatic rings. The number of fused-ring (bicyclic) bond motifs is 1. The Bertz CT molecular complexity index is 1760. The molecule has 6 N–H and O–H groups in total. The van der Waals surface area contributed by atoms with Gasteiger partial charge in [-0.25, -0.2) is 0 Å². The molecule has 1 aromatic heterocycles. The van der Waals surface area contributed by atoms with Crippen LogP contribution < -0.4 is 27.3 Å². The van der Waals surface area contributed by atoms with Crippen molar-refractivity contribution in [2.75, 3.05) is 10.6 Å². The average Bonchev–Trinajstić information content (AvgIpc) is 3.78. The number of nitrogens with two attached hydrogens (primary N) is 1. The van der Waals surface area contributed by atoms with E-state index in [1.54, 1.807) is 25.1 Å². The van der Waals surface area contributed by atoms with Gasteiger partial charge in [0.25, 0.3) is 0 Å². The van der Waals surface area contributed by atoms with Gasteiger partial charge >= 0.3 is 0 Å². The second kappa shape index (κ2) is 13.2. The zero-order valence-electron chi connectivity index (χ0n) is 24.8. The summed E-state index contributed by atoms with van der Waals surface area (Å²) in [6.45, 7) is 8.04. The summed E-state index contributed by atoms with van der Waals surface area (Å²) in [6.07, 6.45) is 11.7. The van der Waals surface area contributed by atoms with Crippen LogP contribution in [0.2, 0.25) is 0 Å². The molecule has 0 radical (unpaired) electrons. The molecule has 222 valence electrons. The lowest BCUT2D eigenvalue weighted by Gasteiger charge is -2.24. The second-order valence-corrected chi connectivity index (χ2v) is 10.9. The number of rotatable bonds is 12. The van der Waals surface area contributed by atoms with Crippen LogP contribution in [0.15, 0.2) is 96.5 Å². The SMILES string of the molecule is C=C(/C=C\C=C(/C)C(N)=O)[C@H](Nc1cc(C#N)c2ncc(C#N)c(N[C@H](CC)c3ccccc3)c2c1)C1=CN(C2CC2)NN1. The summed E-state index contributed by atoms with van der Waals surface area (Å²) in [5, 5.41) is 30.0. The Morgan fingerprint density at radius 3 is 2.61 bits per heavy atom. The van der Waals surface area contributed by atoms with Gasteiger partial charge in [-0.1, -0.05) is 62.1 Å². The Kier molecular flexibility index (Phi) is 8.94. The molecule has 2 atom stereocenters. The fraction of sp³-hybridized carbons (Fsp3) is 0.235. The predicted octanol–water partition coefficient (Wildman–Crippen LogP) is 5.19. The number of benzene rings is 2. The molecule has 10 heteroatoms. The first-order valence-electron chi connectivity index (χ1n) is 14.5. The van der Waals surface area contributed by atoms with Crippen molar-refractivity contribution in [1.29, 1.82) is 10.5 Å². The number of pyridine rings is 1. The average molecular weight is 586 g/mol. The topological polar surface area (TPSA) is 155 Å². The minimum Gasteiger partial charge on any atom is -0.377 e. The highest BCUT2D eigenvalue weighted by Crippen LogP contribution is 2.35. The van der Waals surface area contributed by atoms with Crippen molar-refractivity contribution >= 4 is 28.2 Å². The molecule has 0 unspecified atom stereocenters. The van der Waals surface area contributed by atoms with Crippen LogP contribution in [0.3, 0.4) is 0 Å². The van der Waals surface area contributed by atoms with Crippen molar-refractivity contribution in [3.63, 3.8) is 0 Å². The Labute approximate surface area is 257 Å². The summed E-state index contributed by atoms with van der Waals surface area (Å²) in [6, 6.07) is 18.2. The van der Waals surface area contributed by atoms with Crippen LogP contribution >= 0.6 is 0 Å². The van der Waals surface area contributed by atoms with Crippen LogP contribution in [-0.4, -0.2) is 28.0 Å². The van der Waals surface area contributed by atoms with Gasteiger partial charge in [-0.05, 0) is 49.5 Å². The first-order chi connectivity index (χ1) is 21.3. The van der Waals surface area contributed by atoms with Gasteiger partial charge in [-0.2, -0.15) is 10.5 Å². The number of carbonyl (C=O) groups is 1. The molecular formula is C34H35N9O. The maximum absolute atomic E-state index is 11.5. The minimum absolute atomic E-state index is 0.0574. The lowest BCUT2D eigenvalue weighted by Crippen LogP contribution is -2.40. The van der Waals surface area contributed by atoms with Gasteiger partial charge in [0.1, 0.15) is 12.1 Å². The number of nitrogens with zero attached hydrogens (tertiary/aromatic N) is 4. The number of aromatic nitrogens is 1. The van der Waals surface area contributed by atoms with Crippen molar-refractivity contribution in [2.24, 2.45) is 5.73 Å². The molecule has 1 fully saturated rings. The number of amides is 1. The molecule has 1 saturated carbocycles. The Morgan fingerprint density at radius 2 is 1.95 bits per heavy atom. The fourth-order valence-electron chi connectivity index (χ4n) is 5.06. The molecule has 0 saturated heterocycles. The van der Waals surface area contributed by atoms with E-state index < -0.39 is 11.9 Å². The first kappa shape index (κ1) is 29.9. The van der Waals surface area contributed by atoms with Gasteiger partial charge in [0.05, 0.1) is 40.1 Å². The van der Waals surface area contributed by atoms with Crippen molar-refractivity contribution < 1.29 is 4.79 Å². The monoisotopic (exact) mass is 585 g/mol. The first-order valence-corrected chi connectivity index (χ1v) is 14.5. The van der Waals surface area contributed by atoms with Crippen LogP contribution in [0, 0.1) is 22.7 Å². The van der Waals surface area contributed by atoms with Gasteiger partial charge in [0.15, 0.2) is 0 Å². The van der Waals surface area contributed by atoms with Crippen molar-refractivity contribution in [3.8, 4) is 12.1 Å². The number of allylic oxidation sites excluding steroid dienone is 2. The predicted molar refractivity (Wildman–Crippen MR) is 172 cm³/mol. The quantitative estimate of drug-likeness (QED) is 0.143. The van der Waals surface area contributed by atoms with E-state index in [0.717, 1.165) is 30.5 Å². The second-order valence-electron chi connectivity index (χ2n) is 10.9. The molecule has 1 amide bonds. The molecular weight excluding hydrogens is 550 g/mol. The number of primary amides is 1. The smallest absolute Gasteiger partial charge is 0.244 e. The zero-order chi connectivity index (χ0) is 31.2. The van der Waals surface area contributed by atoms with Crippen molar-refractivity contribution in [2.45, 2.75) is 51.2 Å². The fourth-order valence-corrected chi connectivity index (χ4v) is 5.06. The van der Waals surface area contributed by atoms with E-state index >= 15 is 0 Å². The summed E-state index contributed by atoms with van der Waals surface area (Å²) in [4.78, 5) is 16.0. The van der Waals surface area contributed by atoms with Crippen molar-refractivity contribution in [1.82, 2.24) is 21.0 Å². The molecule has 0 spiro atoms. The normalized spacial score (nSPS) is 16.0. The van der Waals surface area contributed by atoms with E-state index in [4.69, 9.17) is 5.73 Å². The van der Waals surface area contributed by atoms with Gasteiger partial charge < -0.3 is 21.8 Å². The molecule has 0 bridgehead atoms. The molecule has 1 aliphatic heterocycles. The van der Waals surface area contributed by atoms with Crippen LogP contribution in [0.1, 0.15) is 55.8 Å². The van der Waals surface area contributed by atoms with E-state index in [1.807, 2.05) is 41.6 Å². The number of hydrogen-bond acceptors (Lipinski definition) is 9. The Hall–Kier alpha value is -5.58. The summed E-state index contributed by atoms with van der Waals surface area (Å²) in [5.74, 6) is -0.494. The van der Waals surface area contributed by atoms with E-state index in [2.05, 4.69) is 64.4 Å². The van der Waals surface area contributed by atoms with E-state index in [0.29, 0.717) is 50.6 Å². The third-order valence-electron chi connectivity index (χ3n) is 7.73. The highest BCUT2D eigenvalue weighted by molar-refractivity contribution is 5.99. The minimum atomic E-state index is -0.494. The summed E-state index contributed by atoms with van der Waals surface area (Å²) < 4.78 is 0. The standard InChI is InChI=1S/C34H35N9O/c1-4-29(23-11-6-5-7-12-23)40-33-25(18-36)19-38-32-24(17-35)15-26(16-28(32)33)39-31(21(2)9-8-10-22(3)34(37)44)30-20-43(42-41-30)27-13-14-27/h5-12,15-16,19-20,27,29,31,39,41-42H,2,4,13-14H2,1,3H3,(H2,37,44)(H,38,40)/b9-8-,22-10+/t29-,31+/m1/s1. The maximum Gasteiger partial charge on any atom is 0.244 e. The molecule has 2 aromatic carbocycles. The zero-order valence-corrected chi connectivity index (χ0v) is 24.8. The molecule has 5 rings (SSSR count). The van der Waals surface area contributed by atoms with E-state index in [9.17, 15) is 15.3 Å². The van der Waals surface area contributed by atoms with Gasteiger partial charge in [0, 0.05) is 35.1 Å². The van der Waals surface area contributed by atoms with E-state index in [1.165, 1.54) is 6.20 Å². The molecule has 1 aliphatic carbocycles. The molecule has 3 aromatic rings. The summed E-state index contributed by atoms with van der Waals surface area (Å²) in [7, 11) is 0. The lowest BCUT2D eigenvalue weighted by molar-refractivity contribution is -0.114. The highest BCUT2D eigenvalue weighted by atomic mass is 16.1. The lowest BCUT2D eigenvalue weighted by atomic mass is 10.00. The molecule has 10 nitrogen and oxygen atoms in total. The number of nitrogens with one attached hydrogen (secondary N) is 4. The summed E-state index contributed by atoms with van der Waals surface area (Å²) in [5.41, 5.74) is 17.4. The Balaban J connectivity index is 1.56. The number of anilines is 2. The van der Waals surface area contributed by atoms with Gasteiger partial charge in [0.2, 0.25) is 5.91 Å². The van der Waals surface area contributed by atoms with E-state index in [-0.39, 0.29) is 6.04 Å². The maximum atomic E-state index is 11.5. The Morgan fingerprint density at radius 1 is 1.20 bits per heavy atom. The van der Waals surface area contributed by atoms with Crippen LogP contribution in [-0.2, 0) is 4.79 Å². The summed E-state index contributed by atoms with van der Waals surface area (Å²) >= 11 is 0. The van der Waals surface area contributed by atoms with Crippen LogP contribution in [0.4, 0.5) is 11.4 Å². The molecule has 2 heterocycles. The van der Waals surface area contributed by atoms with Gasteiger partial charge in [-0.15, -0.1) is 5.53 Å². The van der Waals surface area contributed by atoms with Gasteiger partial charge in [-0.3, -0.25) is 14.8 Å². The molecule has 44 heavy (non-hydrogen) atoms. The van der Waals surface area contributed by atoms with Crippen LogP contribution in [0.5, 0.6) is 0 Å². The third kappa shape index (κ3) is 6.57. The highest BCUT2D eigenvalue weighted by Gasteiger charge is 2.32. The van der Waals surface area contributed by atoms with Crippen molar-refractivity contribution in [3.05, 3.63) is 113 Å². The largest absolute Gasteiger partial charge is 0.377 e.